The number of thiophene rings is 1. The second-order valence-electron chi connectivity index (χ2n) is 3.72. The smallest absolute Gasteiger partial charge is 0.220 e. The molecule has 2 rings (SSSR count). The van der Waals surface area contributed by atoms with Crippen LogP contribution in [-0.2, 0) is 17.8 Å². The number of nitrogens with zero attached hydrogens (tertiary/aromatic N) is 1. The maximum atomic E-state index is 11.6. The third kappa shape index (κ3) is 4.00. The van der Waals surface area contributed by atoms with E-state index < -0.39 is 0 Å². The minimum atomic E-state index is 0.0854. The molecule has 0 atom stereocenters. The molecule has 3 nitrogen and oxygen atoms in total. The van der Waals surface area contributed by atoms with Gasteiger partial charge in [0.1, 0.15) is 0 Å². The van der Waals surface area contributed by atoms with E-state index in [2.05, 4.69) is 16.4 Å². The second-order valence-corrected chi connectivity index (χ2v) is 4.75. The number of aromatic nitrogens is 1. The van der Waals surface area contributed by atoms with Crippen molar-refractivity contribution in [2.75, 3.05) is 0 Å². The highest BCUT2D eigenvalue weighted by Gasteiger charge is 2.02. The lowest BCUT2D eigenvalue weighted by Crippen LogP contribution is -2.22. The van der Waals surface area contributed by atoms with Crippen LogP contribution in [0, 0.1) is 0 Å². The van der Waals surface area contributed by atoms with Gasteiger partial charge < -0.3 is 5.32 Å². The highest BCUT2D eigenvalue weighted by atomic mass is 32.1. The molecule has 0 saturated carbocycles. The SMILES string of the molecule is O=C(CCc1cccs1)NCc1cccnc1. The third-order valence-corrected chi connectivity index (χ3v) is 3.33. The number of rotatable bonds is 5. The van der Waals surface area contributed by atoms with Gasteiger partial charge in [-0.05, 0) is 29.5 Å². The van der Waals surface area contributed by atoms with Crippen molar-refractivity contribution in [3.8, 4) is 0 Å². The van der Waals surface area contributed by atoms with Gasteiger partial charge in [0.25, 0.3) is 0 Å². The zero-order chi connectivity index (χ0) is 11.9. The van der Waals surface area contributed by atoms with Crippen LogP contribution in [0.3, 0.4) is 0 Å². The molecule has 2 aromatic rings. The molecule has 0 radical (unpaired) electrons. The first kappa shape index (κ1) is 11.8. The van der Waals surface area contributed by atoms with Crippen molar-refractivity contribution in [1.82, 2.24) is 10.3 Å². The summed E-state index contributed by atoms with van der Waals surface area (Å²) in [4.78, 5) is 16.8. The first-order chi connectivity index (χ1) is 8.34. The predicted molar refractivity (Wildman–Crippen MR) is 68.7 cm³/mol. The van der Waals surface area contributed by atoms with Crippen molar-refractivity contribution in [2.24, 2.45) is 0 Å². The fraction of sp³-hybridized carbons (Fsp3) is 0.231. The Labute approximate surface area is 105 Å². The molecule has 17 heavy (non-hydrogen) atoms. The molecule has 2 aromatic heterocycles. The fourth-order valence-corrected chi connectivity index (χ4v) is 2.19. The minimum Gasteiger partial charge on any atom is -0.352 e. The maximum absolute atomic E-state index is 11.6. The molecule has 4 heteroatoms. The molecule has 0 aliphatic heterocycles. The van der Waals surface area contributed by atoms with E-state index in [1.54, 1.807) is 23.7 Å². The Kier molecular flexibility index (Phi) is 4.27. The van der Waals surface area contributed by atoms with E-state index in [0.29, 0.717) is 13.0 Å². The summed E-state index contributed by atoms with van der Waals surface area (Å²) in [5.74, 6) is 0.0854. The van der Waals surface area contributed by atoms with Gasteiger partial charge in [-0.25, -0.2) is 0 Å². The van der Waals surface area contributed by atoms with Gasteiger partial charge in [-0.1, -0.05) is 12.1 Å². The summed E-state index contributed by atoms with van der Waals surface area (Å²) in [6, 6.07) is 7.88. The van der Waals surface area contributed by atoms with Crippen molar-refractivity contribution in [2.45, 2.75) is 19.4 Å². The molecular formula is C13H14N2OS. The summed E-state index contributed by atoms with van der Waals surface area (Å²) in [7, 11) is 0. The van der Waals surface area contributed by atoms with Crippen LogP contribution < -0.4 is 5.32 Å². The number of pyridine rings is 1. The first-order valence-corrected chi connectivity index (χ1v) is 6.40. The Morgan fingerprint density at radius 3 is 3.00 bits per heavy atom. The van der Waals surface area contributed by atoms with Crippen molar-refractivity contribution >= 4 is 17.2 Å². The average molecular weight is 246 g/mol. The van der Waals surface area contributed by atoms with Crippen molar-refractivity contribution in [3.63, 3.8) is 0 Å². The number of aryl methyl sites for hydroxylation is 1. The molecule has 0 aliphatic carbocycles. The predicted octanol–water partition coefficient (Wildman–Crippen LogP) is 2.39. The van der Waals surface area contributed by atoms with E-state index in [1.807, 2.05) is 23.6 Å². The topological polar surface area (TPSA) is 42.0 Å². The molecule has 0 unspecified atom stereocenters. The number of hydrogen-bond acceptors (Lipinski definition) is 3. The molecule has 88 valence electrons. The van der Waals surface area contributed by atoms with Crippen LogP contribution in [0.25, 0.3) is 0 Å². The molecule has 0 fully saturated rings. The van der Waals surface area contributed by atoms with Crippen LogP contribution >= 0.6 is 11.3 Å². The van der Waals surface area contributed by atoms with Gasteiger partial charge >= 0.3 is 0 Å². The van der Waals surface area contributed by atoms with Crippen molar-refractivity contribution < 1.29 is 4.79 Å². The van der Waals surface area contributed by atoms with Gasteiger partial charge in [-0.15, -0.1) is 11.3 Å². The van der Waals surface area contributed by atoms with Gasteiger partial charge in [0.2, 0.25) is 5.91 Å². The monoisotopic (exact) mass is 246 g/mol. The average Bonchev–Trinajstić information content (AvgIpc) is 2.88. The molecular weight excluding hydrogens is 232 g/mol. The lowest BCUT2D eigenvalue weighted by Gasteiger charge is -2.04. The summed E-state index contributed by atoms with van der Waals surface area (Å²) in [5, 5.41) is 4.92. The van der Waals surface area contributed by atoms with Crippen LogP contribution in [-0.4, -0.2) is 10.9 Å². The quantitative estimate of drug-likeness (QED) is 0.880. The van der Waals surface area contributed by atoms with E-state index in [-0.39, 0.29) is 5.91 Å². The Morgan fingerprint density at radius 2 is 2.29 bits per heavy atom. The van der Waals surface area contributed by atoms with Gasteiger partial charge in [0.15, 0.2) is 0 Å². The molecule has 0 bridgehead atoms. The van der Waals surface area contributed by atoms with Gasteiger partial charge in [0, 0.05) is 30.2 Å². The van der Waals surface area contributed by atoms with Gasteiger partial charge in [0.05, 0.1) is 0 Å². The lowest BCUT2D eigenvalue weighted by atomic mass is 10.2. The number of carbonyl (C=O) groups is 1. The summed E-state index contributed by atoms with van der Waals surface area (Å²) >= 11 is 1.69. The highest BCUT2D eigenvalue weighted by Crippen LogP contribution is 2.10. The number of hydrogen-bond donors (Lipinski definition) is 1. The fourth-order valence-electron chi connectivity index (χ4n) is 1.48. The zero-order valence-corrected chi connectivity index (χ0v) is 10.2. The molecule has 1 N–H and O–H groups in total. The minimum absolute atomic E-state index is 0.0854. The van der Waals surface area contributed by atoms with Gasteiger partial charge in [-0.2, -0.15) is 0 Å². The van der Waals surface area contributed by atoms with Crippen LogP contribution in [0.4, 0.5) is 0 Å². The zero-order valence-electron chi connectivity index (χ0n) is 9.43. The molecule has 0 aromatic carbocycles. The van der Waals surface area contributed by atoms with E-state index in [9.17, 15) is 4.79 Å². The van der Waals surface area contributed by atoms with Crippen LogP contribution in [0.2, 0.25) is 0 Å². The summed E-state index contributed by atoms with van der Waals surface area (Å²) in [5.41, 5.74) is 1.02. The number of carbonyl (C=O) groups excluding carboxylic acids is 1. The Balaban J connectivity index is 1.71. The van der Waals surface area contributed by atoms with Crippen molar-refractivity contribution in [1.29, 1.82) is 0 Å². The van der Waals surface area contributed by atoms with E-state index in [0.717, 1.165) is 12.0 Å². The standard InChI is InChI=1S/C13H14N2OS/c16-13(6-5-12-4-2-8-17-12)15-10-11-3-1-7-14-9-11/h1-4,7-9H,5-6,10H2,(H,15,16). The molecule has 0 aliphatic rings. The normalized spacial score (nSPS) is 10.1. The van der Waals surface area contributed by atoms with E-state index >= 15 is 0 Å². The van der Waals surface area contributed by atoms with E-state index in [4.69, 9.17) is 0 Å². The Morgan fingerprint density at radius 1 is 1.35 bits per heavy atom. The molecule has 1 amide bonds. The summed E-state index contributed by atoms with van der Waals surface area (Å²) in [6.45, 7) is 0.553. The number of nitrogens with one attached hydrogen (secondary N) is 1. The number of amides is 1. The lowest BCUT2D eigenvalue weighted by molar-refractivity contribution is -0.121. The van der Waals surface area contributed by atoms with Crippen LogP contribution in [0.1, 0.15) is 16.9 Å². The van der Waals surface area contributed by atoms with Crippen molar-refractivity contribution in [3.05, 3.63) is 52.5 Å². The molecule has 2 heterocycles. The maximum Gasteiger partial charge on any atom is 0.220 e. The largest absolute Gasteiger partial charge is 0.352 e. The molecule has 0 saturated heterocycles. The Bertz CT molecular complexity index is 454. The third-order valence-electron chi connectivity index (χ3n) is 2.39. The van der Waals surface area contributed by atoms with E-state index in [1.165, 1.54) is 4.88 Å². The summed E-state index contributed by atoms with van der Waals surface area (Å²) in [6.07, 6.45) is 4.85. The van der Waals surface area contributed by atoms with Crippen LogP contribution in [0.15, 0.2) is 42.0 Å². The second kappa shape index (κ2) is 6.15. The first-order valence-electron chi connectivity index (χ1n) is 5.52. The Hall–Kier alpha value is -1.68. The van der Waals surface area contributed by atoms with Gasteiger partial charge in [-0.3, -0.25) is 9.78 Å². The van der Waals surface area contributed by atoms with Crippen LogP contribution in [0.5, 0.6) is 0 Å². The summed E-state index contributed by atoms with van der Waals surface area (Å²) < 4.78 is 0. The highest BCUT2D eigenvalue weighted by molar-refractivity contribution is 7.09. The molecule has 0 spiro atoms.